The first kappa shape index (κ1) is 17.8. The summed E-state index contributed by atoms with van der Waals surface area (Å²) in [6, 6.07) is 10.9. The van der Waals surface area contributed by atoms with Crippen molar-refractivity contribution >= 4 is 30.0 Å². The van der Waals surface area contributed by atoms with Gasteiger partial charge in [-0.25, -0.2) is 0 Å². The van der Waals surface area contributed by atoms with Gasteiger partial charge >= 0.3 is 24.8 Å². The molecule has 0 saturated carbocycles. The van der Waals surface area contributed by atoms with Crippen LogP contribution in [0.15, 0.2) is 24.3 Å². The van der Waals surface area contributed by atoms with Crippen molar-refractivity contribution in [1.82, 2.24) is 0 Å². The number of rotatable bonds is 0. The SMILES string of the molecule is Cc1[c-]cccc1.P.P.[Cl][Ni]. The molecule has 0 saturated heterocycles. The van der Waals surface area contributed by atoms with E-state index in [0.717, 1.165) is 0 Å². The third kappa shape index (κ3) is 10.9. The van der Waals surface area contributed by atoms with Crippen LogP contribution >= 0.6 is 30.0 Å². The average molecular weight is 253 g/mol. The molecule has 2 unspecified atom stereocenters. The van der Waals surface area contributed by atoms with Crippen molar-refractivity contribution in [2.24, 2.45) is 0 Å². The van der Waals surface area contributed by atoms with E-state index in [2.05, 4.69) is 30.8 Å². The van der Waals surface area contributed by atoms with Crippen molar-refractivity contribution in [2.45, 2.75) is 6.92 Å². The summed E-state index contributed by atoms with van der Waals surface area (Å²) in [6.07, 6.45) is 0. The first-order valence-corrected chi connectivity index (χ1v) is 3.81. The van der Waals surface area contributed by atoms with Crippen molar-refractivity contribution in [2.75, 3.05) is 0 Å². The van der Waals surface area contributed by atoms with Gasteiger partial charge in [-0.2, -0.15) is 55.7 Å². The Balaban J connectivity index is -0.000000149. The van der Waals surface area contributed by atoms with Gasteiger partial charge in [-0.05, 0) is 0 Å². The topological polar surface area (TPSA) is 0 Å². The number of hydrogen-bond donors (Lipinski definition) is 0. The van der Waals surface area contributed by atoms with E-state index in [4.69, 9.17) is 0 Å². The van der Waals surface area contributed by atoms with Crippen LogP contribution in [-0.2, 0) is 14.6 Å². The van der Waals surface area contributed by atoms with Gasteiger partial charge in [-0.15, -0.1) is 0 Å². The monoisotopic (exact) mass is 252 g/mol. The van der Waals surface area contributed by atoms with E-state index < -0.39 is 0 Å². The van der Waals surface area contributed by atoms with Crippen molar-refractivity contribution in [3.05, 3.63) is 35.9 Å². The molecule has 11 heavy (non-hydrogen) atoms. The van der Waals surface area contributed by atoms with Gasteiger partial charge in [-0.1, -0.05) is 6.92 Å². The van der Waals surface area contributed by atoms with E-state index >= 15 is 0 Å². The zero-order chi connectivity index (χ0) is 7.11. The third-order valence-corrected chi connectivity index (χ3v) is 0.865. The van der Waals surface area contributed by atoms with Gasteiger partial charge in [-0.3, -0.25) is 0 Å². The summed E-state index contributed by atoms with van der Waals surface area (Å²) in [5, 5.41) is 0. The molecule has 1 aromatic carbocycles. The maximum atomic E-state index is 4.26. The molecule has 4 heteroatoms. The van der Waals surface area contributed by atoms with Gasteiger partial charge in [0.15, 0.2) is 0 Å². The molecule has 69 valence electrons. The minimum absolute atomic E-state index is 0. The first-order chi connectivity index (χ1) is 4.39. The Bertz CT molecular complexity index is 146. The molecule has 2 atom stereocenters. The first-order valence-electron chi connectivity index (χ1n) is 2.45. The fourth-order valence-electron chi connectivity index (χ4n) is 0.483. The predicted molar refractivity (Wildman–Crippen MR) is 58.1 cm³/mol. The van der Waals surface area contributed by atoms with Crippen LogP contribution in [-0.4, -0.2) is 0 Å². The molecule has 0 amide bonds. The molecule has 0 heterocycles. The maximum absolute atomic E-state index is 4.26. The normalized spacial score (nSPS) is 6.18. The summed E-state index contributed by atoms with van der Waals surface area (Å²) in [5.41, 5.74) is 1.20. The summed E-state index contributed by atoms with van der Waals surface area (Å²) in [6.45, 7) is 2.03. The van der Waals surface area contributed by atoms with Crippen LogP contribution in [0.25, 0.3) is 0 Å². The quantitative estimate of drug-likeness (QED) is 0.379. The average Bonchev–Trinajstić information content (AvgIpc) is 1.94. The summed E-state index contributed by atoms with van der Waals surface area (Å²) < 4.78 is 0. The Kier molecular flexibility index (Phi) is 21.8. The Hall–Kier alpha value is 0.864. The second-order valence-corrected chi connectivity index (χ2v) is 1.55. The Morgan fingerprint density at radius 2 is 1.82 bits per heavy atom. The van der Waals surface area contributed by atoms with Gasteiger partial charge in [0.2, 0.25) is 0 Å². The van der Waals surface area contributed by atoms with Crippen molar-refractivity contribution in [1.29, 1.82) is 0 Å². The Morgan fingerprint density at radius 1 is 1.27 bits per heavy atom. The van der Waals surface area contributed by atoms with Gasteiger partial charge in [0.1, 0.15) is 0 Å². The van der Waals surface area contributed by atoms with Crippen molar-refractivity contribution < 1.29 is 14.6 Å². The number of aryl methyl sites for hydroxylation is 1. The second kappa shape index (κ2) is 13.5. The Morgan fingerprint density at radius 3 is 2.00 bits per heavy atom. The summed E-state index contributed by atoms with van der Waals surface area (Å²) >= 11 is 3.35. The molecule has 0 fully saturated rings. The standard InChI is InChI=1S/C7H7.ClH.Ni.2H3P/c1-7-5-3-2-4-6-7;;;;/h2-5H,1H3;1H;;2*1H3/q-1;;+1;;/p-1. The fraction of sp³-hybridized carbons (Fsp3) is 0.143. The molecule has 0 aliphatic heterocycles. The van der Waals surface area contributed by atoms with Crippen molar-refractivity contribution in [3.63, 3.8) is 0 Å². The van der Waals surface area contributed by atoms with Crippen molar-refractivity contribution in [3.8, 4) is 0 Å². The molecular weight excluding hydrogens is 240 g/mol. The minimum atomic E-state index is 0. The molecule has 1 aromatic rings. The van der Waals surface area contributed by atoms with Crippen LogP contribution in [0.2, 0.25) is 0 Å². The third-order valence-electron chi connectivity index (χ3n) is 0.865. The molecule has 0 spiro atoms. The zero-order valence-electron chi connectivity index (χ0n) is 6.42. The van der Waals surface area contributed by atoms with Crippen LogP contribution in [0.1, 0.15) is 5.56 Å². The number of benzene rings is 1. The molecule has 0 aliphatic carbocycles. The van der Waals surface area contributed by atoms with E-state index in [1.165, 1.54) is 5.56 Å². The van der Waals surface area contributed by atoms with Gasteiger partial charge in [0, 0.05) is 0 Å². The van der Waals surface area contributed by atoms with Crippen LogP contribution < -0.4 is 0 Å². The van der Waals surface area contributed by atoms with Crippen LogP contribution in [0.5, 0.6) is 0 Å². The van der Waals surface area contributed by atoms with E-state index in [-0.39, 0.29) is 19.8 Å². The summed E-state index contributed by atoms with van der Waals surface area (Å²) in [7, 11) is 4.26. The van der Waals surface area contributed by atoms with Gasteiger partial charge in [0.05, 0.1) is 0 Å². The molecular formula is C7H13ClNiP2-. The predicted octanol–water partition coefficient (Wildman–Crippen LogP) is 2.60. The van der Waals surface area contributed by atoms with E-state index in [1.54, 1.807) is 0 Å². The molecule has 0 nitrogen and oxygen atoms in total. The van der Waals surface area contributed by atoms with Gasteiger partial charge < -0.3 is 0 Å². The van der Waals surface area contributed by atoms with Crippen LogP contribution in [0, 0.1) is 13.0 Å². The Labute approximate surface area is 87.4 Å². The molecule has 0 bridgehead atoms. The number of hydrogen-bond acceptors (Lipinski definition) is 0. The fourth-order valence-corrected chi connectivity index (χ4v) is 0.483. The second-order valence-electron chi connectivity index (χ2n) is 1.55. The molecule has 0 aromatic heterocycles. The molecule has 0 N–H and O–H groups in total. The zero-order valence-corrected chi connectivity index (χ0v) is 11.0. The van der Waals surface area contributed by atoms with Crippen LogP contribution in [0.4, 0.5) is 0 Å². The van der Waals surface area contributed by atoms with Crippen LogP contribution in [0.3, 0.4) is 0 Å². The van der Waals surface area contributed by atoms with E-state index in [9.17, 15) is 0 Å². The number of halogens is 1. The van der Waals surface area contributed by atoms with E-state index in [0.29, 0.717) is 0 Å². The summed E-state index contributed by atoms with van der Waals surface area (Å²) in [5.74, 6) is 0. The van der Waals surface area contributed by atoms with E-state index in [1.807, 2.05) is 31.2 Å². The molecule has 0 aliphatic rings. The molecule has 1 rings (SSSR count). The summed E-state index contributed by atoms with van der Waals surface area (Å²) in [4.78, 5) is 0. The molecule has 0 radical (unpaired) electrons. The van der Waals surface area contributed by atoms with Gasteiger partial charge in [0.25, 0.3) is 0 Å².